The van der Waals surface area contributed by atoms with Gasteiger partial charge < -0.3 is 15.1 Å². The second-order valence-electron chi connectivity index (χ2n) is 5.10. The fourth-order valence-corrected chi connectivity index (χ4v) is 2.94. The minimum absolute atomic E-state index is 0.134. The van der Waals surface area contributed by atoms with Crippen LogP contribution >= 0.6 is 11.6 Å². The van der Waals surface area contributed by atoms with Gasteiger partial charge in [-0.25, -0.2) is 4.79 Å². The summed E-state index contributed by atoms with van der Waals surface area (Å²) in [5.41, 5.74) is 3.32. The van der Waals surface area contributed by atoms with Crippen LogP contribution in [0.15, 0.2) is 36.4 Å². The lowest BCUT2D eigenvalue weighted by Crippen LogP contribution is -2.30. The molecule has 0 bridgehead atoms. The Morgan fingerprint density at radius 1 is 1.14 bits per heavy atom. The standard InChI is InChI=1S/C16H14ClNO3/c17-14-8-13(19)3-4-15(14)18-6-5-10-1-2-11(16(20)21)7-12(10)9-18/h1-4,7-8,19H,5-6,9H2,(H,20,21). The molecule has 0 spiro atoms. The summed E-state index contributed by atoms with van der Waals surface area (Å²) in [6, 6.07) is 10.1. The number of halogens is 1. The Labute approximate surface area is 127 Å². The lowest BCUT2D eigenvalue weighted by atomic mass is 9.97. The molecular formula is C16H14ClNO3. The molecule has 1 heterocycles. The topological polar surface area (TPSA) is 60.8 Å². The number of hydrogen-bond donors (Lipinski definition) is 2. The smallest absolute Gasteiger partial charge is 0.335 e. The van der Waals surface area contributed by atoms with E-state index in [0.29, 0.717) is 17.1 Å². The van der Waals surface area contributed by atoms with Crippen molar-refractivity contribution in [3.8, 4) is 5.75 Å². The van der Waals surface area contributed by atoms with Crippen LogP contribution in [0.25, 0.3) is 0 Å². The molecule has 0 aliphatic carbocycles. The number of carboxylic acid groups (broad SMARTS) is 1. The van der Waals surface area contributed by atoms with Crippen LogP contribution in [0.2, 0.25) is 5.02 Å². The molecule has 0 saturated carbocycles. The summed E-state index contributed by atoms with van der Waals surface area (Å²) >= 11 is 6.18. The van der Waals surface area contributed by atoms with Crippen molar-refractivity contribution in [1.29, 1.82) is 0 Å². The summed E-state index contributed by atoms with van der Waals surface area (Å²) in [7, 11) is 0. The third-order valence-electron chi connectivity index (χ3n) is 3.74. The van der Waals surface area contributed by atoms with Gasteiger partial charge in [0.25, 0.3) is 0 Å². The molecule has 2 aromatic carbocycles. The van der Waals surface area contributed by atoms with Gasteiger partial charge in [-0.1, -0.05) is 17.7 Å². The molecule has 1 aliphatic heterocycles. The molecule has 0 fully saturated rings. The molecule has 0 aromatic heterocycles. The number of anilines is 1. The zero-order chi connectivity index (χ0) is 15.0. The van der Waals surface area contributed by atoms with E-state index in [-0.39, 0.29) is 5.75 Å². The van der Waals surface area contributed by atoms with Crippen molar-refractivity contribution in [2.75, 3.05) is 11.4 Å². The number of phenols is 1. The molecule has 2 N–H and O–H groups in total. The van der Waals surface area contributed by atoms with Gasteiger partial charge in [-0.05, 0) is 41.8 Å². The van der Waals surface area contributed by atoms with E-state index in [1.165, 1.54) is 11.6 Å². The Kier molecular flexibility index (Phi) is 3.47. The first-order chi connectivity index (χ1) is 10.0. The highest BCUT2D eigenvalue weighted by Crippen LogP contribution is 2.32. The van der Waals surface area contributed by atoms with E-state index >= 15 is 0 Å². The lowest BCUT2D eigenvalue weighted by Gasteiger charge is -2.31. The largest absolute Gasteiger partial charge is 0.508 e. The van der Waals surface area contributed by atoms with E-state index in [2.05, 4.69) is 4.90 Å². The summed E-state index contributed by atoms with van der Waals surface area (Å²) in [6.45, 7) is 1.42. The van der Waals surface area contributed by atoms with Crippen LogP contribution in [0.1, 0.15) is 21.5 Å². The predicted octanol–water partition coefficient (Wildman–Crippen LogP) is 3.31. The molecule has 21 heavy (non-hydrogen) atoms. The van der Waals surface area contributed by atoms with E-state index in [4.69, 9.17) is 16.7 Å². The molecular weight excluding hydrogens is 290 g/mol. The second kappa shape index (κ2) is 5.30. The van der Waals surface area contributed by atoms with Crippen molar-refractivity contribution in [2.24, 2.45) is 0 Å². The molecule has 0 amide bonds. The number of hydrogen-bond acceptors (Lipinski definition) is 3. The summed E-state index contributed by atoms with van der Waals surface area (Å²) in [5, 5.41) is 19.0. The number of carboxylic acids is 1. The van der Waals surface area contributed by atoms with Gasteiger partial charge in [0.2, 0.25) is 0 Å². The molecule has 2 aromatic rings. The number of fused-ring (bicyclic) bond motifs is 1. The Morgan fingerprint density at radius 2 is 1.95 bits per heavy atom. The second-order valence-corrected chi connectivity index (χ2v) is 5.50. The van der Waals surface area contributed by atoms with Gasteiger partial charge in [0.05, 0.1) is 16.3 Å². The summed E-state index contributed by atoms with van der Waals surface area (Å²) in [5.74, 6) is -0.785. The third kappa shape index (κ3) is 2.67. The van der Waals surface area contributed by atoms with Crippen molar-refractivity contribution in [2.45, 2.75) is 13.0 Å². The summed E-state index contributed by atoms with van der Waals surface area (Å²) < 4.78 is 0. The van der Waals surface area contributed by atoms with Gasteiger partial charge in [0.1, 0.15) is 5.75 Å². The quantitative estimate of drug-likeness (QED) is 0.893. The van der Waals surface area contributed by atoms with Crippen LogP contribution in [0.5, 0.6) is 5.75 Å². The van der Waals surface area contributed by atoms with E-state index in [0.717, 1.165) is 24.2 Å². The summed E-state index contributed by atoms with van der Waals surface area (Å²) in [4.78, 5) is 13.2. The fraction of sp³-hybridized carbons (Fsp3) is 0.188. The van der Waals surface area contributed by atoms with Crippen molar-refractivity contribution in [1.82, 2.24) is 0 Å². The van der Waals surface area contributed by atoms with Crippen LogP contribution in [0, 0.1) is 0 Å². The molecule has 0 radical (unpaired) electrons. The maximum absolute atomic E-state index is 11.1. The summed E-state index contributed by atoms with van der Waals surface area (Å²) in [6.07, 6.45) is 0.840. The van der Waals surface area contributed by atoms with Gasteiger partial charge >= 0.3 is 5.97 Å². The Bertz CT molecular complexity index is 715. The highest BCUT2D eigenvalue weighted by Gasteiger charge is 2.19. The number of aromatic hydroxyl groups is 1. The highest BCUT2D eigenvalue weighted by atomic mass is 35.5. The van der Waals surface area contributed by atoms with Crippen molar-refractivity contribution in [3.63, 3.8) is 0 Å². The first kappa shape index (κ1) is 13.8. The Hall–Kier alpha value is -2.20. The zero-order valence-electron chi connectivity index (χ0n) is 11.2. The van der Waals surface area contributed by atoms with E-state index < -0.39 is 5.97 Å². The highest BCUT2D eigenvalue weighted by molar-refractivity contribution is 6.33. The number of nitrogens with zero attached hydrogens (tertiary/aromatic N) is 1. The molecule has 5 heteroatoms. The molecule has 0 saturated heterocycles. The average molecular weight is 304 g/mol. The normalized spacial score (nSPS) is 13.9. The Morgan fingerprint density at radius 3 is 2.67 bits per heavy atom. The van der Waals surface area contributed by atoms with Crippen LogP contribution in [0.4, 0.5) is 5.69 Å². The Balaban J connectivity index is 1.92. The molecule has 108 valence electrons. The SMILES string of the molecule is O=C(O)c1ccc2c(c1)CN(c1ccc(O)cc1Cl)CC2. The number of aromatic carboxylic acids is 1. The van der Waals surface area contributed by atoms with E-state index in [9.17, 15) is 9.90 Å². The van der Waals surface area contributed by atoms with Gasteiger partial charge in [-0.15, -0.1) is 0 Å². The number of carbonyl (C=O) groups is 1. The minimum atomic E-state index is -0.919. The van der Waals surface area contributed by atoms with Crippen LogP contribution in [-0.2, 0) is 13.0 Å². The molecule has 3 rings (SSSR count). The number of phenolic OH excluding ortho intramolecular Hbond substituents is 1. The predicted molar refractivity (Wildman–Crippen MR) is 81.3 cm³/mol. The molecule has 0 atom stereocenters. The van der Waals surface area contributed by atoms with Crippen LogP contribution in [-0.4, -0.2) is 22.7 Å². The maximum Gasteiger partial charge on any atom is 0.335 e. The molecule has 1 aliphatic rings. The van der Waals surface area contributed by atoms with E-state index in [1.54, 1.807) is 24.3 Å². The fourth-order valence-electron chi connectivity index (χ4n) is 2.65. The van der Waals surface area contributed by atoms with Gasteiger partial charge in [-0.3, -0.25) is 0 Å². The third-order valence-corrected chi connectivity index (χ3v) is 4.04. The first-order valence-electron chi connectivity index (χ1n) is 6.63. The number of rotatable bonds is 2. The van der Waals surface area contributed by atoms with Gasteiger partial charge in [-0.2, -0.15) is 0 Å². The van der Waals surface area contributed by atoms with Gasteiger partial charge in [0, 0.05) is 19.2 Å². The van der Waals surface area contributed by atoms with Gasteiger partial charge in [0.15, 0.2) is 0 Å². The van der Waals surface area contributed by atoms with Crippen LogP contribution in [0.3, 0.4) is 0 Å². The average Bonchev–Trinajstić information content (AvgIpc) is 2.46. The van der Waals surface area contributed by atoms with Crippen molar-refractivity contribution < 1.29 is 15.0 Å². The lowest BCUT2D eigenvalue weighted by molar-refractivity contribution is 0.0696. The monoisotopic (exact) mass is 303 g/mol. The maximum atomic E-state index is 11.1. The van der Waals surface area contributed by atoms with E-state index in [1.807, 2.05) is 6.07 Å². The van der Waals surface area contributed by atoms with Crippen molar-refractivity contribution >= 4 is 23.3 Å². The molecule has 4 nitrogen and oxygen atoms in total. The van der Waals surface area contributed by atoms with Crippen molar-refractivity contribution in [3.05, 3.63) is 58.1 Å². The zero-order valence-corrected chi connectivity index (χ0v) is 12.0. The minimum Gasteiger partial charge on any atom is -0.508 e. The van der Waals surface area contributed by atoms with Crippen LogP contribution < -0.4 is 4.90 Å². The molecule has 0 unspecified atom stereocenters. The first-order valence-corrected chi connectivity index (χ1v) is 7.01. The number of benzene rings is 2.